The normalized spacial score (nSPS) is 10.8. The van der Waals surface area contributed by atoms with Gasteiger partial charge in [-0.25, -0.2) is 4.68 Å². The predicted octanol–water partition coefficient (Wildman–Crippen LogP) is 1.28. The topological polar surface area (TPSA) is 80.9 Å². The Kier molecular flexibility index (Phi) is 2.93. The maximum Gasteiger partial charge on any atom is 0.307 e. The van der Waals surface area contributed by atoms with Crippen LogP contribution in [0.25, 0.3) is 5.13 Å². The molecule has 0 unspecified atom stereocenters. The van der Waals surface area contributed by atoms with E-state index in [1.807, 2.05) is 13.8 Å². The van der Waals surface area contributed by atoms with Gasteiger partial charge in [0.1, 0.15) is 5.01 Å². The van der Waals surface area contributed by atoms with Gasteiger partial charge in [-0.1, -0.05) is 11.3 Å². The lowest BCUT2D eigenvalue weighted by Gasteiger charge is -1.99. The van der Waals surface area contributed by atoms with Crippen molar-refractivity contribution in [3.8, 4) is 5.13 Å². The van der Waals surface area contributed by atoms with Crippen molar-refractivity contribution < 1.29 is 9.90 Å². The Morgan fingerprint density at radius 1 is 1.35 bits per heavy atom. The average molecular weight is 252 g/mol. The SMILES string of the molecule is Cc1nnc(-n2nc(C)c(CC(=O)O)c2C)s1. The fourth-order valence-electron chi connectivity index (χ4n) is 1.64. The molecule has 2 heterocycles. The molecule has 0 spiro atoms. The highest BCUT2D eigenvalue weighted by Crippen LogP contribution is 2.20. The summed E-state index contributed by atoms with van der Waals surface area (Å²) >= 11 is 1.43. The molecule has 7 heteroatoms. The fourth-order valence-corrected chi connectivity index (χ4v) is 2.33. The van der Waals surface area contributed by atoms with Crippen LogP contribution in [0.2, 0.25) is 0 Å². The fraction of sp³-hybridized carbons (Fsp3) is 0.400. The molecule has 0 aromatic carbocycles. The molecule has 0 radical (unpaired) electrons. The molecule has 0 saturated carbocycles. The Hall–Kier alpha value is -1.76. The number of rotatable bonds is 3. The third-order valence-corrected chi connectivity index (χ3v) is 3.28. The monoisotopic (exact) mass is 252 g/mol. The molecule has 0 bridgehead atoms. The van der Waals surface area contributed by atoms with Crippen LogP contribution in [-0.4, -0.2) is 31.1 Å². The first-order valence-electron chi connectivity index (χ1n) is 5.06. The quantitative estimate of drug-likeness (QED) is 0.889. The van der Waals surface area contributed by atoms with E-state index in [1.54, 1.807) is 11.6 Å². The van der Waals surface area contributed by atoms with Gasteiger partial charge in [0.25, 0.3) is 0 Å². The zero-order chi connectivity index (χ0) is 12.6. The van der Waals surface area contributed by atoms with Crippen LogP contribution < -0.4 is 0 Å². The van der Waals surface area contributed by atoms with Gasteiger partial charge in [-0.15, -0.1) is 10.2 Å². The second-order valence-corrected chi connectivity index (χ2v) is 4.90. The molecule has 2 aromatic heterocycles. The highest BCUT2D eigenvalue weighted by atomic mass is 32.1. The second kappa shape index (κ2) is 4.25. The Balaban J connectivity index is 2.47. The first-order valence-corrected chi connectivity index (χ1v) is 5.88. The van der Waals surface area contributed by atoms with Crippen molar-refractivity contribution in [3.05, 3.63) is 22.0 Å². The molecular formula is C10H12N4O2S. The molecule has 2 aromatic rings. The lowest BCUT2D eigenvalue weighted by molar-refractivity contribution is -0.136. The van der Waals surface area contributed by atoms with Gasteiger partial charge in [0.2, 0.25) is 5.13 Å². The van der Waals surface area contributed by atoms with E-state index in [-0.39, 0.29) is 6.42 Å². The number of carbonyl (C=O) groups is 1. The summed E-state index contributed by atoms with van der Waals surface area (Å²) < 4.78 is 1.65. The molecule has 1 N–H and O–H groups in total. The lowest BCUT2D eigenvalue weighted by Crippen LogP contribution is -2.03. The molecule has 0 saturated heterocycles. The molecule has 90 valence electrons. The molecule has 17 heavy (non-hydrogen) atoms. The molecule has 6 nitrogen and oxygen atoms in total. The van der Waals surface area contributed by atoms with Gasteiger partial charge in [-0.3, -0.25) is 4.79 Å². The van der Waals surface area contributed by atoms with Crippen LogP contribution >= 0.6 is 11.3 Å². The molecular weight excluding hydrogens is 240 g/mol. The van der Waals surface area contributed by atoms with Gasteiger partial charge >= 0.3 is 5.97 Å². The highest BCUT2D eigenvalue weighted by Gasteiger charge is 2.17. The second-order valence-electron chi connectivity index (χ2n) is 3.74. The Labute approximate surface area is 102 Å². The minimum atomic E-state index is -0.857. The van der Waals surface area contributed by atoms with Gasteiger partial charge in [0, 0.05) is 11.3 Å². The Morgan fingerprint density at radius 2 is 2.06 bits per heavy atom. The van der Waals surface area contributed by atoms with Crippen molar-refractivity contribution in [1.82, 2.24) is 20.0 Å². The predicted molar refractivity (Wildman–Crippen MR) is 62.6 cm³/mol. The largest absolute Gasteiger partial charge is 0.481 e. The molecule has 0 amide bonds. The number of aromatic nitrogens is 4. The minimum absolute atomic E-state index is 0.0184. The molecule has 0 fully saturated rings. The van der Waals surface area contributed by atoms with E-state index in [1.165, 1.54) is 11.3 Å². The van der Waals surface area contributed by atoms with Crippen LogP contribution in [0.4, 0.5) is 0 Å². The van der Waals surface area contributed by atoms with Crippen molar-refractivity contribution >= 4 is 17.3 Å². The summed E-state index contributed by atoms with van der Waals surface area (Å²) in [7, 11) is 0. The third kappa shape index (κ3) is 2.19. The zero-order valence-electron chi connectivity index (χ0n) is 9.76. The number of hydrogen-bond donors (Lipinski definition) is 1. The van der Waals surface area contributed by atoms with Crippen LogP contribution in [0.15, 0.2) is 0 Å². The van der Waals surface area contributed by atoms with E-state index in [9.17, 15) is 4.79 Å². The Morgan fingerprint density at radius 3 is 2.59 bits per heavy atom. The molecule has 0 aliphatic rings. The number of aryl methyl sites for hydroxylation is 2. The van der Waals surface area contributed by atoms with Gasteiger partial charge in [0.15, 0.2) is 0 Å². The standard InChI is InChI=1S/C10H12N4O2S/c1-5-8(4-9(15)16)6(2)14(13-5)10-12-11-7(3)17-10/h4H2,1-3H3,(H,15,16). The number of aliphatic carboxylic acids is 1. The summed E-state index contributed by atoms with van der Waals surface area (Å²) in [5.41, 5.74) is 2.27. The summed E-state index contributed by atoms with van der Waals surface area (Å²) in [6, 6.07) is 0. The van der Waals surface area contributed by atoms with Crippen LogP contribution in [0.1, 0.15) is 22.0 Å². The van der Waals surface area contributed by atoms with E-state index in [0.29, 0.717) is 5.13 Å². The summed E-state index contributed by atoms with van der Waals surface area (Å²) in [4.78, 5) is 10.8. The minimum Gasteiger partial charge on any atom is -0.481 e. The number of carboxylic acid groups (broad SMARTS) is 1. The first kappa shape index (κ1) is 11.7. The van der Waals surface area contributed by atoms with Crippen molar-refractivity contribution in [3.63, 3.8) is 0 Å². The molecule has 0 aliphatic heterocycles. The van der Waals surface area contributed by atoms with Crippen LogP contribution in [0, 0.1) is 20.8 Å². The summed E-state index contributed by atoms with van der Waals surface area (Å²) in [5, 5.41) is 22.6. The zero-order valence-corrected chi connectivity index (χ0v) is 10.6. The molecule has 0 aliphatic carbocycles. The molecule has 0 atom stereocenters. The lowest BCUT2D eigenvalue weighted by atomic mass is 10.1. The smallest absolute Gasteiger partial charge is 0.307 e. The van der Waals surface area contributed by atoms with Crippen LogP contribution in [0.5, 0.6) is 0 Å². The van der Waals surface area contributed by atoms with Gasteiger partial charge < -0.3 is 5.11 Å². The summed E-state index contributed by atoms with van der Waals surface area (Å²) in [5.74, 6) is -0.857. The average Bonchev–Trinajstić information content (AvgIpc) is 2.76. The van der Waals surface area contributed by atoms with E-state index in [4.69, 9.17) is 5.11 Å². The number of nitrogens with zero attached hydrogens (tertiary/aromatic N) is 4. The maximum atomic E-state index is 10.8. The number of carboxylic acids is 1. The highest BCUT2D eigenvalue weighted by molar-refractivity contribution is 7.13. The Bertz CT molecular complexity index is 573. The van der Waals surface area contributed by atoms with Gasteiger partial charge in [-0.05, 0) is 20.8 Å². The maximum absolute atomic E-state index is 10.8. The summed E-state index contributed by atoms with van der Waals surface area (Å²) in [6.45, 7) is 5.51. The van der Waals surface area contributed by atoms with E-state index >= 15 is 0 Å². The van der Waals surface area contributed by atoms with E-state index in [0.717, 1.165) is 22.0 Å². The van der Waals surface area contributed by atoms with E-state index in [2.05, 4.69) is 15.3 Å². The van der Waals surface area contributed by atoms with Crippen molar-refractivity contribution in [2.75, 3.05) is 0 Å². The first-order chi connectivity index (χ1) is 7.99. The van der Waals surface area contributed by atoms with Crippen molar-refractivity contribution in [1.29, 1.82) is 0 Å². The molecule has 2 rings (SSSR count). The van der Waals surface area contributed by atoms with Crippen molar-refractivity contribution in [2.45, 2.75) is 27.2 Å². The van der Waals surface area contributed by atoms with Crippen LogP contribution in [0.3, 0.4) is 0 Å². The van der Waals surface area contributed by atoms with E-state index < -0.39 is 5.97 Å². The number of hydrogen-bond acceptors (Lipinski definition) is 5. The van der Waals surface area contributed by atoms with Gasteiger partial charge in [-0.2, -0.15) is 5.10 Å². The van der Waals surface area contributed by atoms with Gasteiger partial charge in [0.05, 0.1) is 12.1 Å². The third-order valence-electron chi connectivity index (χ3n) is 2.47. The van der Waals surface area contributed by atoms with Crippen molar-refractivity contribution in [2.24, 2.45) is 0 Å². The summed E-state index contributed by atoms with van der Waals surface area (Å²) in [6.07, 6.45) is -0.0184. The van der Waals surface area contributed by atoms with Crippen LogP contribution in [-0.2, 0) is 11.2 Å².